The fourth-order valence-electron chi connectivity index (χ4n) is 4.27. The summed E-state index contributed by atoms with van der Waals surface area (Å²) in [6.45, 7) is 5.60. The van der Waals surface area contributed by atoms with Crippen molar-refractivity contribution in [3.05, 3.63) is 41.0 Å². The Morgan fingerprint density at radius 2 is 1.97 bits per heavy atom. The Bertz CT molecular complexity index is 1110. The van der Waals surface area contributed by atoms with Crippen LogP contribution >= 0.6 is 11.6 Å². The first-order valence-corrected chi connectivity index (χ1v) is 12.2. The standard InChI is InChI=1S/C21H26ClN5O3S/c1-21(2)11-4-5-14-10-12-23-17-6-3-7-18(25-17)31(29,30)26-20(28)15-8-9-16(22)24-19(15)27(21)13-14/h3,6-9,14H,4-5,10-13H2,1-2H3,(H,23,25)(H,26,28). The molecule has 2 aromatic heterocycles. The van der Waals surface area contributed by atoms with Crippen molar-refractivity contribution >= 4 is 39.2 Å². The van der Waals surface area contributed by atoms with Crippen LogP contribution in [0.25, 0.3) is 0 Å². The second-order valence-corrected chi connectivity index (χ2v) is 10.7. The molecule has 0 aromatic carbocycles. The lowest BCUT2D eigenvalue weighted by atomic mass is 9.96. The Balaban J connectivity index is 1.85. The lowest BCUT2D eigenvalue weighted by Crippen LogP contribution is -2.47. The number of hydrogen-bond acceptors (Lipinski definition) is 7. The van der Waals surface area contributed by atoms with E-state index in [0.717, 1.165) is 25.7 Å². The number of halogens is 1. The SMILES string of the molecule is CC1(C)CCCC2CCNc3cccc(n3)S(=O)(=O)NC(=O)c3ccc(Cl)nc3N1C2. The molecule has 10 heteroatoms. The van der Waals surface area contributed by atoms with E-state index >= 15 is 0 Å². The molecule has 0 aliphatic carbocycles. The molecule has 4 bridgehead atoms. The highest BCUT2D eigenvalue weighted by Gasteiger charge is 2.36. The number of anilines is 2. The van der Waals surface area contributed by atoms with E-state index in [9.17, 15) is 13.2 Å². The van der Waals surface area contributed by atoms with Gasteiger partial charge in [-0.3, -0.25) is 4.79 Å². The first kappa shape index (κ1) is 21.8. The molecule has 166 valence electrons. The third-order valence-corrected chi connectivity index (χ3v) is 7.44. The quantitative estimate of drug-likeness (QED) is 0.576. The summed E-state index contributed by atoms with van der Waals surface area (Å²) in [4.78, 5) is 23.9. The molecule has 4 heterocycles. The smallest absolute Gasteiger partial charge is 0.281 e. The molecule has 8 nitrogen and oxygen atoms in total. The average Bonchev–Trinajstić information content (AvgIpc) is 2.85. The predicted molar refractivity (Wildman–Crippen MR) is 120 cm³/mol. The van der Waals surface area contributed by atoms with E-state index in [-0.39, 0.29) is 21.3 Å². The summed E-state index contributed by atoms with van der Waals surface area (Å²) in [7, 11) is -4.16. The number of carbonyl (C=O) groups is 1. The number of sulfonamides is 1. The lowest BCUT2D eigenvalue weighted by molar-refractivity contribution is 0.0981. The Morgan fingerprint density at radius 3 is 2.77 bits per heavy atom. The van der Waals surface area contributed by atoms with Crippen molar-refractivity contribution in [1.29, 1.82) is 0 Å². The topological polar surface area (TPSA) is 104 Å². The van der Waals surface area contributed by atoms with Crippen LogP contribution in [0, 0.1) is 5.92 Å². The van der Waals surface area contributed by atoms with Gasteiger partial charge in [-0.15, -0.1) is 0 Å². The zero-order valence-electron chi connectivity index (χ0n) is 17.6. The number of rotatable bonds is 0. The summed E-state index contributed by atoms with van der Waals surface area (Å²) in [6.07, 6.45) is 3.92. The summed E-state index contributed by atoms with van der Waals surface area (Å²) >= 11 is 6.20. The van der Waals surface area contributed by atoms with Gasteiger partial charge in [0.25, 0.3) is 15.9 Å². The zero-order chi connectivity index (χ0) is 22.2. The van der Waals surface area contributed by atoms with Gasteiger partial charge in [0.2, 0.25) is 0 Å². The highest BCUT2D eigenvalue weighted by molar-refractivity contribution is 7.90. The minimum absolute atomic E-state index is 0.174. The van der Waals surface area contributed by atoms with Crippen LogP contribution in [-0.2, 0) is 10.0 Å². The summed E-state index contributed by atoms with van der Waals surface area (Å²) in [5.74, 6) is 0.490. The Labute approximate surface area is 187 Å². The van der Waals surface area contributed by atoms with Crippen LogP contribution in [0.15, 0.2) is 35.4 Å². The van der Waals surface area contributed by atoms with Crippen molar-refractivity contribution in [2.75, 3.05) is 23.3 Å². The number of amides is 1. The molecular formula is C21H26ClN5O3S. The number of carbonyl (C=O) groups excluding carboxylic acids is 1. The van der Waals surface area contributed by atoms with E-state index in [1.807, 2.05) is 0 Å². The van der Waals surface area contributed by atoms with Crippen LogP contribution in [0.2, 0.25) is 5.15 Å². The number of nitrogens with one attached hydrogen (secondary N) is 2. The van der Waals surface area contributed by atoms with Crippen LogP contribution in [0.5, 0.6) is 0 Å². The normalized spacial score (nSPS) is 22.9. The number of hydrogen-bond donors (Lipinski definition) is 2. The van der Waals surface area contributed by atoms with Crippen molar-refractivity contribution in [2.45, 2.75) is 50.1 Å². The molecule has 1 saturated heterocycles. The summed E-state index contributed by atoms with van der Waals surface area (Å²) in [5.41, 5.74) is -0.0931. The van der Waals surface area contributed by atoms with Crippen LogP contribution < -0.4 is 14.9 Å². The minimum Gasteiger partial charge on any atom is -0.370 e. The molecule has 31 heavy (non-hydrogen) atoms. The Morgan fingerprint density at radius 1 is 1.16 bits per heavy atom. The second kappa shape index (κ2) is 8.27. The monoisotopic (exact) mass is 463 g/mol. The molecule has 2 aromatic rings. The summed E-state index contributed by atoms with van der Waals surface area (Å²) in [5, 5.41) is 3.25. The molecule has 2 aliphatic heterocycles. The molecule has 0 radical (unpaired) electrons. The highest BCUT2D eigenvalue weighted by atomic mass is 35.5. The molecule has 0 spiro atoms. The molecular weight excluding hydrogens is 438 g/mol. The van der Waals surface area contributed by atoms with Gasteiger partial charge in [0.05, 0.1) is 5.56 Å². The van der Waals surface area contributed by atoms with E-state index in [2.05, 4.69) is 38.8 Å². The van der Waals surface area contributed by atoms with Gasteiger partial charge in [-0.1, -0.05) is 24.1 Å². The van der Waals surface area contributed by atoms with Crippen LogP contribution in [-0.4, -0.2) is 42.9 Å². The molecule has 2 N–H and O–H groups in total. The highest BCUT2D eigenvalue weighted by Crippen LogP contribution is 2.36. The van der Waals surface area contributed by atoms with Gasteiger partial charge in [0.15, 0.2) is 5.03 Å². The van der Waals surface area contributed by atoms with Crippen molar-refractivity contribution in [3.8, 4) is 0 Å². The molecule has 1 fully saturated rings. The first-order chi connectivity index (χ1) is 14.7. The number of fused-ring (bicyclic) bond motifs is 6. The molecule has 4 rings (SSSR count). The van der Waals surface area contributed by atoms with Gasteiger partial charge in [0.1, 0.15) is 16.8 Å². The third-order valence-electron chi connectivity index (χ3n) is 6.00. The fourth-order valence-corrected chi connectivity index (χ4v) is 5.35. The Hall–Kier alpha value is -2.39. The van der Waals surface area contributed by atoms with E-state index in [0.29, 0.717) is 30.6 Å². The average molecular weight is 464 g/mol. The van der Waals surface area contributed by atoms with Crippen molar-refractivity contribution < 1.29 is 13.2 Å². The maximum Gasteiger partial charge on any atom is 0.281 e. The second-order valence-electron chi connectivity index (χ2n) is 8.70. The van der Waals surface area contributed by atoms with Crippen LogP contribution in [0.1, 0.15) is 49.9 Å². The summed E-state index contributed by atoms with van der Waals surface area (Å²) < 4.78 is 27.8. The van der Waals surface area contributed by atoms with Crippen LogP contribution in [0.4, 0.5) is 11.6 Å². The van der Waals surface area contributed by atoms with Gasteiger partial charge in [0, 0.05) is 18.6 Å². The van der Waals surface area contributed by atoms with Gasteiger partial charge >= 0.3 is 0 Å². The Kier molecular flexibility index (Phi) is 5.83. The van der Waals surface area contributed by atoms with Gasteiger partial charge in [-0.05, 0) is 63.3 Å². The van der Waals surface area contributed by atoms with Gasteiger partial charge in [-0.25, -0.2) is 14.7 Å². The van der Waals surface area contributed by atoms with E-state index < -0.39 is 15.9 Å². The van der Waals surface area contributed by atoms with Crippen LogP contribution in [0.3, 0.4) is 0 Å². The van der Waals surface area contributed by atoms with Gasteiger partial charge in [-0.2, -0.15) is 8.42 Å². The maximum absolute atomic E-state index is 13.1. The molecule has 1 atom stereocenters. The largest absolute Gasteiger partial charge is 0.370 e. The molecule has 0 saturated carbocycles. The molecule has 2 aliphatic rings. The fraction of sp³-hybridized carbons (Fsp3) is 0.476. The summed E-state index contributed by atoms with van der Waals surface area (Å²) in [6, 6.07) is 7.71. The number of pyridine rings is 2. The zero-order valence-corrected chi connectivity index (χ0v) is 19.1. The molecule has 1 amide bonds. The number of nitrogens with zero attached hydrogens (tertiary/aromatic N) is 3. The maximum atomic E-state index is 13.1. The molecule has 1 unspecified atom stereocenters. The minimum atomic E-state index is -4.16. The first-order valence-electron chi connectivity index (χ1n) is 10.4. The predicted octanol–water partition coefficient (Wildman–Crippen LogP) is 3.45. The lowest BCUT2D eigenvalue weighted by Gasteiger charge is -2.40. The van der Waals surface area contributed by atoms with Crippen molar-refractivity contribution in [2.24, 2.45) is 5.92 Å². The van der Waals surface area contributed by atoms with E-state index in [4.69, 9.17) is 11.6 Å². The van der Waals surface area contributed by atoms with E-state index in [1.165, 1.54) is 18.2 Å². The third kappa shape index (κ3) is 4.62. The van der Waals surface area contributed by atoms with Crippen molar-refractivity contribution in [1.82, 2.24) is 14.7 Å². The van der Waals surface area contributed by atoms with E-state index in [1.54, 1.807) is 12.1 Å². The van der Waals surface area contributed by atoms with Gasteiger partial charge < -0.3 is 10.2 Å². The number of aromatic nitrogens is 2. The van der Waals surface area contributed by atoms with Crippen molar-refractivity contribution in [3.63, 3.8) is 0 Å².